The van der Waals surface area contributed by atoms with Crippen molar-refractivity contribution in [3.63, 3.8) is 0 Å². The predicted molar refractivity (Wildman–Crippen MR) is 101 cm³/mol. The van der Waals surface area contributed by atoms with Gasteiger partial charge in [-0.05, 0) is 29.7 Å². The molecule has 3 heterocycles. The lowest BCUT2D eigenvalue weighted by Gasteiger charge is -2.36. The Morgan fingerprint density at radius 3 is 3.00 bits per heavy atom. The highest BCUT2D eigenvalue weighted by Crippen LogP contribution is 2.50. The van der Waals surface area contributed by atoms with Crippen LogP contribution in [0.2, 0.25) is 0 Å². The fourth-order valence-corrected chi connectivity index (χ4v) is 4.43. The van der Waals surface area contributed by atoms with Gasteiger partial charge in [0, 0.05) is 47.3 Å². The van der Waals surface area contributed by atoms with Gasteiger partial charge in [-0.1, -0.05) is 36.3 Å². The van der Waals surface area contributed by atoms with Crippen molar-refractivity contribution in [2.45, 2.75) is 25.0 Å². The lowest BCUT2D eigenvalue weighted by Crippen LogP contribution is -2.29. The molecule has 4 nitrogen and oxygen atoms in total. The molecule has 1 aromatic heterocycles. The quantitative estimate of drug-likeness (QED) is 0.608. The number of aromatic amines is 1. The first-order chi connectivity index (χ1) is 12.8. The monoisotopic (exact) mass is 344 g/mol. The minimum atomic E-state index is 0.104. The predicted octanol–water partition coefficient (Wildman–Crippen LogP) is 4.29. The first-order valence-electron chi connectivity index (χ1n) is 9.04. The van der Waals surface area contributed by atoms with Crippen LogP contribution in [0.25, 0.3) is 10.9 Å². The number of fused-ring (bicyclic) bond motifs is 4. The minimum absolute atomic E-state index is 0.104. The molecule has 0 bridgehead atoms. The van der Waals surface area contributed by atoms with Crippen LogP contribution < -0.4 is 5.32 Å². The average molecular weight is 344 g/mol. The SMILES string of the molecule is OC#CCc1ccc2c(c1)C1OCCC1C(c1c[nH]c3ccccc13)N2. The van der Waals surface area contributed by atoms with E-state index in [-0.39, 0.29) is 12.1 Å². The number of aromatic nitrogens is 1. The van der Waals surface area contributed by atoms with Crippen LogP contribution in [-0.2, 0) is 11.2 Å². The molecule has 0 radical (unpaired) electrons. The van der Waals surface area contributed by atoms with Crippen molar-refractivity contribution in [1.29, 1.82) is 0 Å². The molecule has 1 saturated heterocycles. The maximum absolute atomic E-state index is 8.74. The Bertz CT molecular complexity index is 1030. The van der Waals surface area contributed by atoms with E-state index in [1.54, 1.807) is 0 Å². The highest BCUT2D eigenvalue weighted by molar-refractivity contribution is 5.84. The molecule has 3 atom stereocenters. The van der Waals surface area contributed by atoms with E-state index in [2.05, 4.69) is 64.9 Å². The van der Waals surface area contributed by atoms with Gasteiger partial charge in [0.15, 0.2) is 0 Å². The highest BCUT2D eigenvalue weighted by atomic mass is 16.5. The van der Waals surface area contributed by atoms with Crippen molar-refractivity contribution >= 4 is 16.6 Å². The van der Waals surface area contributed by atoms with Gasteiger partial charge in [0.05, 0.1) is 12.1 Å². The number of hydrogen-bond donors (Lipinski definition) is 3. The smallest absolute Gasteiger partial charge is 0.107 e. The lowest BCUT2D eigenvalue weighted by atomic mass is 9.80. The van der Waals surface area contributed by atoms with Gasteiger partial charge in [0.1, 0.15) is 6.11 Å². The van der Waals surface area contributed by atoms with Gasteiger partial charge < -0.3 is 20.1 Å². The maximum Gasteiger partial charge on any atom is 0.107 e. The standard InChI is InChI=1S/C22H20N2O2/c25-10-3-4-14-7-8-20-17(12-14)22-16(9-11-26-22)21(24-20)18-13-23-19-6-2-1-5-15(18)19/h1-2,5-8,12-13,16,21-25H,4,9,11H2. The Labute approximate surface area is 152 Å². The molecule has 3 unspecified atom stereocenters. The van der Waals surface area contributed by atoms with E-state index in [9.17, 15) is 0 Å². The van der Waals surface area contributed by atoms with Gasteiger partial charge in [-0.2, -0.15) is 0 Å². The molecule has 0 saturated carbocycles. The summed E-state index contributed by atoms with van der Waals surface area (Å²) in [5.74, 6) is 3.13. The molecule has 2 aromatic carbocycles. The second kappa shape index (κ2) is 6.12. The number of para-hydroxylation sites is 1. The number of anilines is 1. The van der Waals surface area contributed by atoms with Crippen LogP contribution in [0.3, 0.4) is 0 Å². The number of rotatable bonds is 2. The van der Waals surface area contributed by atoms with Gasteiger partial charge in [-0.15, -0.1) is 0 Å². The molecule has 3 aromatic rings. The van der Waals surface area contributed by atoms with E-state index in [1.165, 1.54) is 22.0 Å². The molecule has 3 N–H and O–H groups in total. The van der Waals surface area contributed by atoms with Crippen LogP contribution in [-0.4, -0.2) is 16.7 Å². The number of H-pyrrole nitrogens is 1. The Hall–Kier alpha value is -2.90. The van der Waals surface area contributed by atoms with E-state index in [0.717, 1.165) is 24.3 Å². The van der Waals surface area contributed by atoms with Crippen LogP contribution in [0.4, 0.5) is 5.69 Å². The zero-order valence-corrected chi connectivity index (χ0v) is 14.3. The minimum Gasteiger partial charge on any atom is -0.462 e. The van der Waals surface area contributed by atoms with E-state index in [1.807, 2.05) is 6.11 Å². The van der Waals surface area contributed by atoms with Crippen molar-refractivity contribution in [3.05, 3.63) is 65.4 Å². The van der Waals surface area contributed by atoms with E-state index >= 15 is 0 Å². The molecule has 0 spiro atoms. The third-order valence-electron chi connectivity index (χ3n) is 5.63. The molecular weight excluding hydrogens is 324 g/mol. The number of ether oxygens (including phenoxy) is 1. The Balaban J connectivity index is 1.57. The Morgan fingerprint density at radius 2 is 2.08 bits per heavy atom. The Morgan fingerprint density at radius 1 is 1.15 bits per heavy atom. The molecule has 26 heavy (non-hydrogen) atoms. The van der Waals surface area contributed by atoms with Crippen molar-refractivity contribution in [2.24, 2.45) is 5.92 Å². The zero-order chi connectivity index (χ0) is 17.5. The van der Waals surface area contributed by atoms with Crippen LogP contribution in [0.5, 0.6) is 0 Å². The molecule has 130 valence electrons. The average Bonchev–Trinajstić information content (AvgIpc) is 3.33. The summed E-state index contributed by atoms with van der Waals surface area (Å²) in [6.45, 7) is 0.788. The van der Waals surface area contributed by atoms with Crippen molar-refractivity contribution in [1.82, 2.24) is 4.98 Å². The summed E-state index contributed by atoms with van der Waals surface area (Å²) in [4.78, 5) is 3.40. The summed E-state index contributed by atoms with van der Waals surface area (Å²) in [5, 5.41) is 13.8. The fourth-order valence-electron chi connectivity index (χ4n) is 4.43. The number of aliphatic hydroxyl groups is 1. The molecule has 2 aliphatic heterocycles. The van der Waals surface area contributed by atoms with E-state index in [0.29, 0.717) is 12.3 Å². The summed E-state index contributed by atoms with van der Waals surface area (Å²) in [6.07, 6.45) is 5.81. The van der Waals surface area contributed by atoms with Crippen LogP contribution in [0, 0.1) is 17.9 Å². The lowest BCUT2D eigenvalue weighted by molar-refractivity contribution is 0.0830. The normalized spacial score (nSPS) is 23.6. The van der Waals surface area contributed by atoms with Crippen LogP contribution in [0.15, 0.2) is 48.7 Å². The third-order valence-corrected chi connectivity index (χ3v) is 5.63. The third kappa shape index (κ3) is 2.36. The summed E-state index contributed by atoms with van der Waals surface area (Å²) in [7, 11) is 0. The van der Waals surface area contributed by atoms with Crippen LogP contribution >= 0.6 is 0 Å². The molecule has 0 aliphatic carbocycles. The second-order valence-electron chi connectivity index (χ2n) is 7.04. The zero-order valence-electron chi connectivity index (χ0n) is 14.3. The highest BCUT2D eigenvalue weighted by Gasteiger charge is 2.42. The molecule has 2 aliphatic rings. The number of hydrogen-bond acceptors (Lipinski definition) is 3. The van der Waals surface area contributed by atoms with Crippen molar-refractivity contribution < 1.29 is 9.84 Å². The fraction of sp³-hybridized carbons (Fsp3) is 0.273. The number of benzene rings is 2. The van der Waals surface area contributed by atoms with E-state index in [4.69, 9.17) is 9.84 Å². The van der Waals surface area contributed by atoms with E-state index < -0.39 is 0 Å². The second-order valence-corrected chi connectivity index (χ2v) is 7.04. The number of aliphatic hydroxyl groups excluding tert-OH is 1. The molecule has 0 amide bonds. The Kier molecular flexibility index (Phi) is 3.62. The van der Waals surface area contributed by atoms with Gasteiger partial charge in [-0.25, -0.2) is 0 Å². The molecule has 4 heteroatoms. The summed E-state index contributed by atoms with van der Waals surface area (Å²) in [5.41, 5.74) is 5.92. The molecular formula is C22H20N2O2. The summed E-state index contributed by atoms with van der Waals surface area (Å²) in [6, 6.07) is 15.0. The van der Waals surface area contributed by atoms with Crippen molar-refractivity contribution in [2.75, 3.05) is 11.9 Å². The maximum atomic E-state index is 8.74. The topological polar surface area (TPSA) is 57.3 Å². The molecule has 1 fully saturated rings. The molecule has 5 rings (SSSR count). The summed E-state index contributed by atoms with van der Waals surface area (Å²) >= 11 is 0. The number of nitrogens with one attached hydrogen (secondary N) is 2. The van der Waals surface area contributed by atoms with Crippen molar-refractivity contribution in [3.8, 4) is 12.0 Å². The van der Waals surface area contributed by atoms with Gasteiger partial charge in [0.2, 0.25) is 0 Å². The van der Waals surface area contributed by atoms with Gasteiger partial charge in [-0.3, -0.25) is 0 Å². The summed E-state index contributed by atoms with van der Waals surface area (Å²) < 4.78 is 6.15. The first kappa shape index (κ1) is 15.4. The van der Waals surface area contributed by atoms with Crippen LogP contribution in [0.1, 0.15) is 35.3 Å². The largest absolute Gasteiger partial charge is 0.462 e. The van der Waals surface area contributed by atoms with Gasteiger partial charge in [0.25, 0.3) is 0 Å². The van der Waals surface area contributed by atoms with Gasteiger partial charge >= 0.3 is 0 Å². The first-order valence-corrected chi connectivity index (χ1v) is 9.04.